The van der Waals surface area contributed by atoms with E-state index >= 15 is 0 Å². The average molecular weight is 238 g/mol. The van der Waals surface area contributed by atoms with Crippen molar-refractivity contribution in [3.8, 4) is 0 Å². The first-order chi connectivity index (χ1) is 8.16. The zero-order valence-electron chi connectivity index (χ0n) is 10.4. The zero-order valence-corrected chi connectivity index (χ0v) is 10.4. The van der Waals surface area contributed by atoms with Crippen LogP contribution in [0.2, 0.25) is 0 Å². The van der Waals surface area contributed by atoms with Crippen LogP contribution in [0.1, 0.15) is 26.2 Å². The Labute approximate surface area is 102 Å². The van der Waals surface area contributed by atoms with Gasteiger partial charge < -0.3 is 15.3 Å². The third kappa shape index (κ3) is 1.87. The van der Waals surface area contributed by atoms with Gasteiger partial charge in [-0.1, -0.05) is 0 Å². The lowest BCUT2D eigenvalue weighted by molar-refractivity contribution is -0.135. The van der Waals surface area contributed by atoms with E-state index in [-0.39, 0.29) is 12.0 Å². The van der Waals surface area contributed by atoms with E-state index < -0.39 is 0 Å². The lowest BCUT2D eigenvalue weighted by Crippen LogP contribution is -2.40. The van der Waals surface area contributed by atoms with Crippen molar-refractivity contribution in [1.82, 2.24) is 10.2 Å². The molecule has 1 aliphatic carbocycles. The molecule has 0 aromatic rings. The Bertz CT molecular complexity index is 321. The van der Waals surface area contributed by atoms with E-state index in [1.807, 2.05) is 4.90 Å². The number of hydrogen-bond donors (Lipinski definition) is 2. The Balaban J connectivity index is 1.65. The highest BCUT2D eigenvalue weighted by atomic mass is 16.3. The largest absolute Gasteiger partial charge is 0.393 e. The summed E-state index contributed by atoms with van der Waals surface area (Å²) < 4.78 is 0. The molecule has 0 radical (unpaired) electrons. The van der Waals surface area contributed by atoms with Gasteiger partial charge in [-0.25, -0.2) is 0 Å². The highest BCUT2D eigenvalue weighted by Gasteiger charge is 2.45. The number of likely N-dealkylation sites (tertiary alicyclic amines) is 1. The number of aliphatic hydroxyl groups is 1. The van der Waals surface area contributed by atoms with Crippen LogP contribution in [0.25, 0.3) is 0 Å². The van der Waals surface area contributed by atoms with E-state index in [0.29, 0.717) is 23.8 Å². The van der Waals surface area contributed by atoms with E-state index in [1.54, 1.807) is 0 Å². The minimum absolute atomic E-state index is 0.158. The maximum atomic E-state index is 12.4. The molecule has 2 aliphatic heterocycles. The molecule has 1 amide bonds. The summed E-state index contributed by atoms with van der Waals surface area (Å²) in [5.74, 6) is 1.37. The molecule has 0 aromatic heterocycles. The summed E-state index contributed by atoms with van der Waals surface area (Å²) in [5, 5.41) is 13.2. The summed E-state index contributed by atoms with van der Waals surface area (Å²) in [6.45, 7) is 4.72. The van der Waals surface area contributed by atoms with Crippen molar-refractivity contribution < 1.29 is 9.90 Å². The van der Waals surface area contributed by atoms with Crippen molar-refractivity contribution in [2.75, 3.05) is 19.6 Å². The van der Waals surface area contributed by atoms with Gasteiger partial charge in [0.2, 0.25) is 5.91 Å². The van der Waals surface area contributed by atoms with Gasteiger partial charge in [0.05, 0.1) is 12.0 Å². The number of carbonyl (C=O) groups is 1. The fourth-order valence-corrected chi connectivity index (χ4v) is 3.85. The van der Waals surface area contributed by atoms with Crippen LogP contribution < -0.4 is 5.32 Å². The lowest BCUT2D eigenvalue weighted by atomic mass is 9.99. The van der Waals surface area contributed by atoms with Crippen LogP contribution in [0.3, 0.4) is 0 Å². The van der Waals surface area contributed by atoms with E-state index in [1.165, 1.54) is 0 Å². The molecule has 2 heterocycles. The molecule has 0 bridgehead atoms. The topological polar surface area (TPSA) is 52.6 Å². The fraction of sp³-hybridized carbons (Fsp3) is 0.923. The lowest BCUT2D eigenvalue weighted by Gasteiger charge is -2.24. The van der Waals surface area contributed by atoms with Crippen molar-refractivity contribution in [1.29, 1.82) is 0 Å². The van der Waals surface area contributed by atoms with Gasteiger partial charge >= 0.3 is 0 Å². The minimum atomic E-state index is -0.170. The van der Waals surface area contributed by atoms with Crippen molar-refractivity contribution in [3.63, 3.8) is 0 Å². The van der Waals surface area contributed by atoms with E-state index in [0.717, 1.165) is 38.9 Å². The minimum Gasteiger partial charge on any atom is -0.393 e. The molecule has 2 N–H and O–H groups in total. The van der Waals surface area contributed by atoms with Crippen LogP contribution in [0.4, 0.5) is 0 Å². The van der Waals surface area contributed by atoms with Crippen LogP contribution in [0, 0.1) is 17.8 Å². The SMILES string of the molecule is CC1NCCC1C(=O)N1CC2CCC(O)C2C1. The molecule has 3 fully saturated rings. The quantitative estimate of drug-likeness (QED) is 0.687. The van der Waals surface area contributed by atoms with E-state index in [2.05, 4.69) is 12.2 Å². The molecule has 96 valence electrons. The smallest absolute Gasteiger partial charge is 0.227 e. The Kier molecular flexibility index (Phi) is 2.87. The number of nitrogens with zero attached hydrogens (tertiary/aromatic N) is 1. The number of amides is 1. The summed E-state index contributed by atoms with van der Waals surface area (Å²) in [7, 11) is 0. The summed E-state index contributed by atoms with van der Waals surface area (Å²) in [5.41, 5.74) is 0. The van der Waals surface area contributed by atoms with Crippen LogP contribution in [-0.2, 0) is 4.79 Å². The zero-order chi connectivity index (χ0) is 12.0. The van der Waals surface area contributed by atoms with Gasteiger partial charge in [0.25, 0.3) is 0 Å². The number of carbonyl (C=O) groups excluding carboxylic acids is 1. The predicted octanol–water partition coefficient (Wildman–Crippen LogP) is 0.214. The van der Waals surface area contributed by atoms with Gasteiger partial charge in [-0.15, -0.1) is 0 Å². The van der Waals surface area contributed by atoms with Gasteiger partial charge in [-0.3, -0.25) is 4.79 Å². The first kappa shape index (κ1) is 11.5. The van der Waals surface area contributed by atoms with Crippen molar-refractivity contribution in [2.45, 2.75) is 38.3 Å². The molecule has 17 heavy (non-hydrogen) atoms. The molecule has 3 aliphatic rings. The summed E-state index contributed by atoms with van der Waals surface area (Å²) in [6.07, 6.45) is 2.82. The van der Waals surface area contributed by atoms with Gasteiger partial charge in [-0.2, -0.15) is 0 Å². The molecule has 4 heteroatoms. The molecule has 0 aromatic carbocycles. The third-order valence-electron chi connectivity index (χ3n) is 4.97. The van der Waals surface area contributed by atoms with Crippen molar-refractivity contribution in [2.24, 2.45) is 17.8 Å². The van der Waals surface area contributed by atoms with Gasteiger partial charge in [0.15, 0.2) is 0 Å². The summed E-state index contributed by atoms with van der Waals surface area (Å²) in [4.78, 5) is 14.4. The maximum absolute atomic E-state index is 12.4. The van der Waals surface area contributed by atoms with Crippen molar-refractivity contribution >= 4 is 5.91 Å². The third-order valence-corrected chi connectivity index (χ3v) is 4.97. The molecule has 0 spiro atoms. The Morgan fingerprint density at radius 3 is 2.76 bits per heavy atom. The molecular weight excluding hydrogens is 216 g/mol. The normalized spacial score (nSPS) is 45.3. The fourth-order valence-electron chi connectivity index (χ4n) is 3.85. The molecule has 3 rings (SSSR count). The molecular formula is C13H22N2O2. The predicted molar refractivity (Wildman–Crippen MR) is 64.4 cm³/mol. The van der Waals surface area contributed by atoms with Gasteiger partial charge in [-0.05, 0) is 38.6 Å². The number of hydrogen-bond acceptors (Lipinski definition) is 3. The monoisotopic (exact) mass is 238 g/mol. The van der Waals surface area contributed by atoms with Crippen molar-refractivity contribution in [3.05, 3.63) is 0 Å². The first-order valence-corrected chi connectivity index (χ1v) is 6.87. The summed E-state index contributed by atoms with van der Waals surface area (Å²) in [6, 6.07) is 0.313. The Morgan fingerprint density at radius 2 is 2.12 bits per heavy atom. The second-order valence-electron chi connectivity index (χ2n) is 5.95. The number of nitrogens with one attached hydrogen (secondary N) is 1. The van der Waals surface area contributed by atoms with E-state index in [4.69, 9.17) is 0 Å². The van der Waals surface area contributed by atoms with Gasteiger partial charge in [0, 0.05) is 25.0 Å². The Hall–Kier alpha value is -0.610. The van der Waals surface area contributed by atoms with Crippen LogP contribution in [0.15, 0.2) is 0 Å². The second-order valence-corrected chi connectivity index (χ2v) is 5.95. The Morgan fingerprint density at radius 1 is 1.29 bits per heavy atom. The average Bonchev–Trinajstić information content (AvgIpc) is 2.96. The molecule has 5 atom stereocenters. The summed E-state index contributed by atoms with van der Waals surface area (Å²) >= 11 is 0. The maximum Gasteiger partial charge on any atom is 0.227 e. The van der Waals surface area contributed by atoms with Crippen LogP contribution in [-0.4, -0.2) is 47.7 Å². The molecule has 4 nitrogen and oxygen atoms in total. The van der Waals surface area contributed by atoms with Crippen LogP contribution >= 0.6 is 0 Å². The number of rotatable bonds is 1. The van der Waals surface area contributed by atoms with E-state index in [9.17, 15) is 9.90 Å². The first-order valence-electron chi connectivity index (χ1n) is 6.87. The molecule has 1 saturated carbocycles. The number of aliphatic hydroxyl groups excluding tert-OH is 1. The highest BCUT2D eigenvalue weighted by molar-refractivity contribution is 5.80. The number of fused-ring (bicyclic) bond motifs is 1. The molecule has 5 unspecified atom stereocenters. The molecule has 2 saturated heterocycles. The van der Waals surface area contributed by atoms with Crippen LogP contribution in [0.5, 0.6) is 0 Å². The second kappa shape index (κ2) is 4.25. The van der Waals surface area contributed by atoms with Gasteiger partial charge in [0.1, 0.15) is 0 Å². The highest BCUT2D eigenvalue weighted by Crippen LogP contribution is 2.38. The standard InChI is InChI=1S/C13H22N2O2/c1-8-10(4-5-14-8)13(17)15-6-9-2-3-12(16)11(9)7-15/h8-12,14,16H,2-7H2,1H3.